The maximum atomic E-state index is 12.6. The minimum absolute atomic E-state index is 0.112. The number of carbonyl (C=O) groups is 1. The lowest BCUT2D eigenvalue weighted by Crippen LogP contribution is -2.39. The van der Waals surface area contributed by atoms with Gasteiger partial charge in [-0.1, -0.05) is 30.3 Å². The summed E-state index contributed by atoms with van der Waals surface area (Å²) in [6.07, 6.45) is 3.91. The molecule has 0 spiro atoms. The smallest absolute Gasteiger partial charge is 0.250 e. The van der Waals surface area contributed by atoms with E-state index in [1.165, 1.54) is 0 Å². The predicted octanol–water partition coefficient (Wildman–Crippen LogP) is 3.48. The number of nitrogens with zero attached hydrogens (tertiary/aromatic N) is 1. The summed E-state index contributed by atoms with van der Waals surface area (Å²) in [6, 6.07) is 13.8. The highest BCUT2D eigenvalue weighted by Gasteiger charge is 2.30. The predicted molar refractivity (Wildman–Crippen MR) is 126 cm³/mol. The quantitative estimate of drug-likeness (QED) is 0.507. The molecule has 170 valence electrons. The molecule has 1 saturated heterocycles. The Kier molecular flexibility index (Phi) is 6.64. The summed E-state index contributed by atoms with van der Waals surface area (Å²) in [5.41, 5.74) is 9.95. The van der Waals surface area contributed by atoms with Gasteiger partial charge >= 0.3 is 0 Å². The van der Waals surface area contributed by atoms with Gasteiger partial charge in [0.2, 0.25) is 10.0 Å². The molecular weight excluding hydrogens is 426 g/mol. The van der Waals surface area contributed by atoms with Crippen molar-refractivity contribution < 1.29 is 17.9 Å². The molecule has 1 fully saturated rings. The van der Waals surface area contributed by atoms with Crippen LogP contribution in [0.5, 0.6) is 0 Å². The molecule has 3 N–H and O–H groups in total. The van der Waals surface area contributed by atoms with Crippen molar-refractivity contribution in [2.24, 2.45) is 5.73 Å². The number of ether oxygens (including phenoxy) is 1. The molecule has 0 atom stereocenters. The number of H-pyrrole nitrogens is 1. The van der Waals surface area contributed by atoms with Gasteiger partial charge in [-0.05, 0) is 54.0 Å². The van der Waals surface area contributed by atoms with Gasteiger partial charge in [0, 0.05) is 38.4 Å². The normalized spacial score (nSPS) is 15.9. The summed E-state index contributed by atoms with van der Waals surface area (Å²) in [5, 5.41) is 0.974. The second-order valence-corrected chi connectivity index (χ2v) is 10.3. The van der Waals surface area contributed by atoms with Crippen LogP contribution in [0.3, 0.4) is 0 Å². The highest BCUT2D eigenvalue weighted by molar-refractivity contribution is 7.89. The number of aromatic nitrogens is 1. The Labute approximate surface area is 188 Å². The number of nitrogens with two attached hydrogens (primary N) is 1. The van der Waals surface area contributed by atoms with E-state index in [4.69, 9.17) is 10.5 Å². The van der Waals surface area contributed by atoms with Crippen molar-refractivity contribution in [3.63, 3.8) is 0 Å². The third-order valence-corrected chi connectivity index (χ3v) is 8.19. The second kappa shape index (κ2) is 9.44. The summed E-state index contributed by atoms with van der Waals surface area (Å²) in [6.45, 7) is 1.43. The first kappa shape index (κ1) is 22.5. The molecule has 0 unspecified atom stereocenters. The lowest BCUT2D eigenvalue weighted by molar-refractivity contribution is 0.100. The number of aromatic amines is 1. The number of hydrogen-bond acceptors (Lipinski definition) is 4. The van der Waals surface area contributed by atoms with E-state index in [2.05, 4.69) is 11.1 Å². The molecule has 3 aromatic rings. The molecule has 0 aliphatic carbocycles. The molecule has 0 saturated carbocycles. The van der Waals surface area contributed by atoms with Crippen LogP contribution in [-0.4, -0.2) is 56.2 Å². The maximum Gasteiger partial charge on any atom is 0.250 e. The van der Waals surface area contributed by atoms with E-state index in [0.29, 0.717) is 31.7 Å². The monoisotopic (exact) mass is 455 g/mol. The van der Waals surface area contributed by atoms with E-state index >= 15 is 0 Å². The first-order valence-corrected chi connectivity index (χ1v) is 12.5. The molecule has 0 radical (unpaired) electrons. The van der Waals surface area contributed by atoms with Crippen molar-refractivity contribution in [3.8, 4) is 11.1 Å². The number of amides is 1. The zero-order valence-corrected chi connectivity index (χ0v) is 19.0. The molecule has 7 nitrogen and oxygen atoms in total. The van der Waals surface area contributed by atoms with Crippen LogP contribution in [0.2, 0.25) is 0 Å². The van der Waals surface area contributed by atoms with E-state index in [-0.39, 0.29) is 11.7 Å². The highest BCUT2D eigenvalue weighted by Crippen LogP contribution is 2.37. The van der Waals surface area contributed by atoms with Gasteiger partial charge in [-0.3, -0.25) is 4.79 Å². The molecule has 8 heteroatoms. The van der Waals surface area contributed by atoms with Crippen LogP contribution < -0.4 is 5.73 Å². The van der Waals surface area contributed by atoms with Crippen molar-refractivity contribution in [1.29, 1.82) is 0 Å². The maximum absolute atomic E-state index is 12.6. The number of nitrogens with one attached hydrogen (secondary N) is 1. The number of fused-ring (bicyclic) bond motifs is 1. The van der Waals surface area contributed by atoms with Crippen molar-refractivity contribution >= 4 is 26.8 Å². The first-order valence-electron chi connectivity index (χ1n) is 10.9. The third-order valence-electron chi connectivity index (χ3n) is 6.23. The Balaban J connectivity index is 1.60. The number of benzene rings is 2. The highest BCUT2D eigenvalue weighted by atomic mass is 32.2. The molecule has 32 heavy (non-hydrogen) atoms. The molecule has 1 amide bonds. The summed E-state index contributed by atoms with van der Waals surface area (Å²) in [4.78, 5) is 15.4. The van der Waals surface area contributed by atoms with Gasteiger partial charge in [0.1, 0.15) is 0 Å². The lowest BCUT2D eigenvalue weighted by atomic mass is 9.88. The average Bonchev–Trinajstić information content (AvgIpc) is 3.23. The number of primary amides is 1. The topological polar surface area (TPSA) is 105 Å². The minimum Gasteiger partial charge on any atom is -0.385 e. The largest absolute Gasteiger partial charge is 0.385 e. The van der Waals surface area contributed by atoms with Crippen molar-refractivity contribution in [2.45, 2.75) is 25.2 Å². The van der Waals surface area contributed by atoms with E-state index in [1.807, 2.05) is 42.6 Å². The van der Waals surface area contributed by atoms with Crippen molar-refractivity contribution in [3.05, 3.63) is 59.8 Å². The van der Waals surface area contributed by atoms with Crippen LogP contribution in [0.4, 0.5) is 0 Å². The van der Waals surface area contributed by atoms with Crippen LogP contribution in [0.15, 0.2) is 48.7 Å². The molecule has 4 rings (SSSR count). The molecule has 1 aliphatic rings. The van der Waals surface area contributed by atoms with Gasteiger partial charge in [-0.2, -0.15) is 0 Å². The van der Waals surface area contributed by atoms with E-state index in [1.54, 1.807) is 11.4 Å². The van der Waals surface area contributed by atoms with Gasteiger partial charge in [-0.15, -0.1) is 0 Å². The van der Waals surface area contributed by atoms with Crippen LogP contribution in [0.1, 0.15) is 41.1 Å². The summed E-state index contributed by atoms with van der Waals surface area (Å²) in [7, 11) is -1.69. The summed E-state index contributed by atoms with van der Waals surface area (Å²) < 4.78 is 31.8. The Morgan fingerprint density at radius 2 is 1.88 bits per heavy atom. The molecular formula is C24H29N3O4S. The van der Waals surface area contributed by atoms with E-state index in [0.717, 1.165) is 40.4 Å². The van der Waals surface area contributed by atoms with Gasteiger partial charge in [0.25, 0.3) is 5.91 Å². The second-order valence-electron chi connectivity index (χ2n) is 8.26. The number of sulfonamides is 1. The van der Waals surface area contributed by atoms with Crippen LogP contribution >= 0.6 is 0 Å². The summed E-state index contributed by atoms with van der Waals surface area (Å²) in [5.74, 6) is -0.153. The first-order chi connectivity index (χ1) is 15.4. The summed E-state index contributed by atoms with van der Waals surface area (Å²) >= 11 is 0. The lowest BCUT2D eigenvalue weighted by Gasteiger charge is -2.31. The van der Waals surface area contributed by atoms with E-state index in [9.17, 15) is 13.2 Å². The number of piperidine rings is 1. The number of rotatable bonds is 8. The average molecular weight is 456 g/mol. The number of hydrogen-bond donors (Lipinski definition) is 2. The SMILES string of the molecule is COCCCS(=O)(=O)N1CCC(c2c[nH]c3c(C(N)=O)cc(-c4ccccc4)cc23)CC1. The van der Waals surface area contributed by atoms with Crippen molar-refractivity contribution in [2.75, 3.05) is 32.6 Å². The molecule has 1 aliphatic heterocycles. The Morgan fingerprint density at radius 3 is 2.53 bits per heavy atom. The van der Waals surface area contributed by atoms with Crippen LogP contribution in [-0.2, 0) is 14.8 Å². The Morgan fingerprint density at radius 1 is 1.16 bits per heavy atom. The Bertz CT molecular complexity index is 1200. The molecule has 2 heterocycles. The molecule has 2 aromatic carbocycles. The third kappa shape index (κ3) is 4.57. The van der Waals surface area contributed by atoms with Crippen LogP contribution in [0.25, 0.3) is 22.0 Å². The zero-order valence-electron chi connectivity index (χ0n) is 18.2. The fraction of sp³-hybridized carbons (Fsp3) is 0.375. The van der Waals surface area contributed by atoms with Gasteiger partial charge < -0.3 is 15.5 Å². The van der Waals surface area contributed by atoms with Gasteiger partial charge in [0.05, 0.1) is 16.8 Å². The van der Waals surface area contributed by atoms with Crippen molar-refractivity contribution in [1.82, 2.24) is 9.29 Å². The van der Waals surface area contributed by atoms with Crippen LogP contribution in [0, 0.1) is 0 Å². The minimum atomic E-state index is -3.27. The standard InChI is InChI=1S/C24H29N3O4S/c1-31-12-5-13-32(29,30)27-10-8-18(9-11-27)22-16-26-23-20(22)14-19(15-21(23)24(25)28)17-6-3-2-4-7-17/h2-4,6-7,14-16,18,26H,5,8-13H2,1H3,(H2,25,28). The molecule has 0 bridgehead atoms. The van der Waals surface area contributed by atoms with E-state index < -0.39 is 15.9 Å². The van der Waals surface area contributed by atoms with Gasteiger partial charge in [0.15, 0.2) is 0 Å². The fourth-order valence-corrected chi connectivity index (χ4v) is 6.05. The molecule has 1 aromatic heterocycles. The Hall–Kier alpha value is -2.68. The zero-order chi connectivity index (χ0) is 22.7. The fourth-order valence-electron chi connectivity index (χ4n) is 4.54. The number of methoxy groups -OCH3 is 1. The number of carbonyl (C=O) groups excluding carboxylic acids is 1. The van der Waals surface area contributed by atoms with Gasteiger partial charge in [-0.25, -0.2) is 12.7 Å².